The van der Waals surface area contributed by atoms with Crippen LogP contribution in [0.3, 0.4) is 0 Å². The van der Waals surface area contributed by atoms with E-state index in [1.165, 1.54) is 6.26 Å². The van der Waals surface area contributed by atoms with Gasteiger partial charge in [-0.2, -0.15) is 0 Å². The molecule has 3 nitrogen and oxygen atoms in total. The summed E-state index contributed by atoms with van der Waals surface area (Å²) < 4.78 is 9.91. The van der Waals surface area contributed by atoms with Crippen LogP contribution in [0.4, 0.5) is 0 Å². The van der Waals surface area contributed by atoms with Crippen LogP contribution in [0.2, 0.25) is 0 Å². The van der Waals surface area contributed by atoms with Crippen molar-refractivity contribution in [1.29, 1.82) is 5.41 Å². The molecule has 0 amide bonds. The lowest BCUT2D eigenvalue weighted by atomic mass is 11.4. The van der Waals surface area contributed by atoms with Crippen LogP contribution in [0, 0.1) is 5.41 Å². The third kappa shape index (κ3) is 1.90. The second-order valence-electron chi connectivity index (χ2n) is 0.818. The first-order valence-electron chi connectivity index (χ1n) is 1.32. The van der Waals surface area contributed by atoms with Gasteiger partial charge in [0, 0.05) is 6.26 Å². The molecule has 0 aliphatic rings. The molecule has 0 spiro atoms. The van der Waals surface area contributed by atoms with E-state index in [2.05, 4.69) is 0 Å². The van der Waals surface area contributed by atoms with E-state index in [-0.39, 0.29) is 5.17 Å². The monoisotopic (exact) mass is 106 g/mol. The van der Waals surface area contributed by atoms with Crippen LogP contribution in [0.15, 0.2) is 0 Å². The first-order valence-corrected chi connectivity index (χ1v) is 2.88. The fourth-order valence-corrected chi connectivity index (χ4v) is 0. The van der Waals surface area contributed by atoms with Gasteiger partial charge in [0.2, 0.25) is 0 Å². The molecule has 3 N–H and O–H groups in total. The number of hydrogen-bond donors (Lipinski definition) is 2. The van der Waals surface area contributed by atoms with Crippen molar-refractivity contribution in [2.45, 2.75) is 0 Å². The minimum absolute atomic E-state index is 0.269. The van der Waals surface area contributed by atoms with E-state index < -0.39 is 10.8 Å². The van der Waals surface area contributed by atoms with Crippen LogP contribution in [0.25, 0.3) is 0 Å². The fraction of sp³-hybridized carbons (Fsp3) is 0.500. The van der Waals surface area contributed by atoms with E-state index in [0.29, 0.717) is 0 Å². The molecule has 0 aromatic carbocycles. The molecular weight excluding hydrogens is 100 g/mol. The predicted molar refractivity (Wildman–Crippen MR) is 26.0 cm³/mol. The highest BCUT2D eigenvalue weighted by Crippen LogP contribution is 1.63. The lowest BCUT2D eigenvalue weighted by molar-refractivity contribution is 0.692. The molecular formula is C2H6N2OS. The smallest absolute Gasteiger partial charge is 0.181 e. The summed E-state index contributed by atoms with van der Waals surface area (Å²) in [5.74, 6) is 0. The Morgan fingerprint density at radius 1 is 2.00 bits per heavy atom. The van der Waals surface area contributed by atoms with Gasteiger partial charge in [-0.15, -0.1) is 0 Å². The quantitative estimate of drug-likeness (QED) is 0.315. The highest BCUT2D eigenvalue weighted by Gasteiger charge is 1.86. The molecule has 6 heavy (non-hydrogen) atoms. The van der Waals surface area contributed by atoms with Crippen molar-refractivity contribution in [1.82, 2.24) is 0 Å². The Morgan fingerprint density at radius 2 is 2.17 bits per heavy atom. The Labute approximate surface area is 38.5 Å². The molecule has 0 radical (unpaired) electrons. The van der Waals surface area contributed by atoms with Crippen LogP contribution in [-0.2, 0) is 10.8 Å². The zero-order chi connectivity index (χ0) is 5.15. The molecule has 0 aromatic heterocycles. The molecule has 0 saturated carbocycles. The lowest BCUT2D eigenvalue weighted by Gasteiger charge is -1.81. The Kier molecular flexibility index (Phi) is 1.80. The maximum absolute atomic E-state index is 9.91. The van der Waals surface area contributed by atoms with Gasteiger partial charge in [0.15, 0.2) is 5.17 Å². The predicted octanol–water partition coefficient (Wildman–Crippen LogP) is -0.742. The Hall–Kier alpha value is -0.380. The molecule has 0 saturated heterocycles. The summed E-state index contributed by atoms with van der Waals surface area (Å²) in [6.07, 6.45) is 1.36. The number of amidine groups is 1. The van der Waals surface area contributed by atoms with E-state index in [1.54, 1.807) is 0 Å². The van der Waals surface area contributed by atoms with E-state index in [4.69, 9.17) is 11.1 Å². The van der Waals surface area contributed by atoms with E-state index in [1.807, 2.05) is 0 Å². The molecule has 4 heteroatoms. The zero-order valence-corrected chi connectivity index (χ0v) is 4.21. The van der Waals surface area contributed by atoms with Gasteiger partial charge < -0.3 is 5.73 Å². The largest absolute Gasteiger partial charge is 0.377 e. The lowest BCUT2D eigenvalue weighted by Crippen LogP contribution is -2.14. The molecule has 1 unspecified atom stereocenters. The summed E-state index contributed by atoms with van der Waals surface area (Å²) in [5, 5.41) is 6.16. The highest BCUT2D eigenvalue weighted by molar-refractivity contribution is 7.99. The molecule has 0 bridgehead atoms. The minimum atomic E-state index is -1.26. The Morgan fingerprint density at radius 3 is 2.17 bits per heavy atom. The third-order valence-electron chi connectivity index (χ3n) is 0.310. The average Bonchev–Trinajstić information content (AvgIpc) is 1.36. The van der Waals surface area contributed by atoms with Crippen molar-refractivity contribution < 1.29 is 4.21 Å². The van der Waals surface area contributed by atoms with Gasteiger partial charge in [-0.3, -0.25) is 9.62 Å². The second-order valence-corrected chi connectivity index (χ2v) is 2.17. The second kappa shape index (κ2) is 1.92. The third-order valence-corrected chi connectivity index (χ3v) is 0.929. The maximum atomic E-state index is 9.91. The van der Waals surface area contributed by atoms with Gasteiger partial charge in [0.25, 0.3) is 0 Å². The number of nitrogens with one attached hydrogen (secondary N) is 1. The molecule has 0 heterocycles. The van der Waals surface area contributed by atoms with Crippen LogP contribution in [0.5, 0.6) is 0 Å². The van der Waals surface area contributed by atoms with Gasteiger partial charge in [-0.25, -0.2) is 0 Å². The minimum Gasteiger partial charge on any atom is -0.377 e. The van der Waals surface area contributed by atoms with Crippen LogP contribution < -0.4 is 5.73 Å². The van der Waals surface area contributed by atoms with Gasteiger partial charge in [0.1, 0.15) is 0 Å². The molecule has 0 fully saturated rings. The summed E-state index contributed by atoms with van der Waals surface area (Å²) >= 11 is 0. The van der Waals surface area contributed by atoms with Crippen molar-refractivity contribution >= 4 is 16.0 Å². The van der Waals surface area contributed by atoms with Gasteiger partial charge in [-0.05, 0) is 0 Å². The average molecular weight is 106 g/mol. The number of hydrogen-bond acceptors (Lipinski definition) is 2. The highest BCUT2D eigenvalue weighted by atomic mass is 32.2. The molecule has 0 aliphatic carbocycles. The normalized spacial score (nSPS) is 13.5. The molecule has 0 aliphatic heterocycles. The topological polar surface area (TPSA) is 66.9 Å². The SMILES string of the molecule is CS(=O)C(=N)N. The summed E-state index contributed by atoms with van der Waals surface area (Å²) in [6, 6.07) is 0. The van der Waals surface area contributed by atoms with Crippen molar-refractivity contribution in [2.24, 2.45) is 5.73 Å². The molecule has 36 valence electrons. The van der Waals surface area contributed by atoms with Crippen LogP contribution in [-0.4, -0.2) is 15.6 Å². The van der Waals surface area contributed by atoms with Crippen molar-refractivity contribution in [3.63, 3.8) is 0 Å². The number of nitrogens with two attached hydrogens (primary N) is 1. The summed E-state index contributed by atoms with van der Waals surface area (Å²) in [7, 11) is -1.26. The standard InChI is InChI=1S/C2H6N2OS/c1-6(5)2(3)4/h1H3,(H3,3,4). The van der Waals surface area contributed by atoms with E-state index >= 15 is 0 Å². The van der Waals surface area contributed by atoms with Crippen molar-refractivity contribution in [2.75, 3.05) is 6.26 Å². The summed E-state index contributed by atoms with van der Waals surface area (Å²) in [4.78, 5) is 0. The zero-order valence-electron chi connectivity index (χ0n) is 3.39. The summed E-state index contributed by atoms with van der Waals surface area (Å²) in [5.41, 5.74) is 4.72. The molecule has 0 rings (SSSR count). The van der Waals surface area contributed by atoms with Gasteiger partial charge in [-0.1, -0.05) is 0 Å². The van der Waals surface area contributed by atoms with Crippen LogP contribution in [0.1, 0.15) is 0 Å². The van der Waals surface area contributed by atoms with Crippen molar-refractivity contribution in [3.05, 3.63) is 0 Å². The Balaban J connectivity index is 3.57. The van der Waals surface area contributed by atoms with E-state index in [9.17, 15) is 4.21 Å². The summed E-state index contributed by atoms with van der Waals surface area (Å²) in [6.45, 7) is 0. The number of rotatable bonds is 0. The maximum Gasteiger partial charge on any atom is 0.181 e. The van der Waals surface area contributed by atoms with Crippen molar-refractivity contribution in [3.8, 4) is 0 Å². The molecule has 0 aromatic rings. The first kappa shape index (κ1) is 5.62. The van der Waals surface area contributed by atoms with E-state index in [0.717, 1.165) is 0 Å². The fourth-order valence-electron chi connectivity index (χ4n) is 0. The van der Waals surface area contributed by atoms with Crippen LogP contribution >= 0.6 is 0 Å². The van der Waals surface area contributed by atoms with Gasteiger partial charge in [0.05, 0.1) is 10.8 Å². The first-order chi connectivity index (χ1) is 2.64. The molecule has 1 atom stereocenters. The van der Waals surface area contributed by atoms with Gasteiger partial charge >= 0.3 is 0 Å². The Bertz CT molecular complexity index is 77.5.